The summed E-state index contributed by atoms with van der Waals surface area (Å²) in [4.78, 5) is 15.5. The van der Waals surface area contributed by atoms with Crippen LogP contribution in [-0.4, -0.2) is 31.5 Å². The minimum Gasteiger partial charge on any atom is -0.390 e. The molecule has 0 radical (unpaired) electrons. The summed E-state index contributed by atoms with van der Waals surface area (Å²) >= 11 is 0. The van der Waals surface area contributed by atoms with Crippen molar-refractivity contribution in [1.82, 2.24) is 15.0 Å². The van der Waals surface area contributed by atoms with Crippen LogP contribution in [0.5, 0.6) is 0 Å². The molecule has 1 aromatic heterocycles. The maximum atomic E-state index is 13.9. The number of hydrogen-bond acceptors (Lipinski definition) is 4. The standard InChI is InChI=1S/C29H41N3O2/c1-18(32-30-24-7-5-6-8-25(24)31-32)26(33)23-12-11-21-20-10-9-19-17-27(2,34)15-16-28(19,3)22(20)13-14-29(21,23)4/h5-8,18-23,34H,9-17H2,1-4H3/t18-,19+,20+,21+,22+,23-,27-,28+,29+/m1/s1. The quantitative estimate of drug-likeness (QED) is 0.609. The van der Waals surface area contributed by atoms with Crippen molar-refractivity contribution >= 4 is 16.8 Å². The van der Waals surface area contributed by atoms with Crippen molar-refractivity contribution in [2.45, 2.75) is 97.1 Å². The van der Waals surface area contributed by atoms with Gasteiger partial charge in [-0.15, -0.1) is 0 Å². The van der Waals surface area contributed by atoms with Gasteiger partial charge in [0.05, 0.1) is 5.60 Å². The van der Waals surface area contributed by atoms with E-state index in [4.69, 9.17) is 0 Å². The molecule has 0 spiro atoms. The first-order valence-electron chi connectivity index (χ1n) is 13.7. The van der Waals surface area contributed by atoms with Gasteiger partial charge in [-0.3, -0.25) is 4.79 Å². The van der Waals surface area contributed by atoms with Crippen LogP contribution in [0.4, 0.5) is 0 Å². The van der Waals surface area contributed by atoms with Gasteiger partial charge >= 0.3 is 0 Å². The van der Waals surface area contributed by atoms with Gasteiger partial charge in [0.1, 0.15) is 17.1 Å². The maximum Gasteiger partial charge on any atom is 0.162 e. The van der Waals surface area contributed by atoms with Crippen LogP contribution in [-0.2, 0) is 4.79 Å². The summed E-state index contributed by atoms with van der Waals surface area (Å²) in [5.41, 5.74) is 1.69. The van der Waals surface area contributed by atoms with Crippen molar-refractivity contribution in [2.24, 2.45) is 40.4 Å². The molecule has 1 aromatic carbocycles. The predicted octanol–water partition coefficient (Wildman–Crippen LogP) is 5.97. The zero-order valence-electron chi connectivity index (χ0n) is 21.3. The molecular formula is C29H41N3O2. The van der Waals surface area contributed by atoms with Gasteiger partial charge in [-0.2, -0.15) is 15.0 Å². The van der Waals surface area contributed by atoms with Crippen LogP contribution in [0.25, 0.3) is 11.0 Å². The number of nitrogens with zero attached hydrogens (tertiary/aromatic N) is 3. The van der Waals surface area contributed by atoms with Crippen molar-refractivity contribution < 1.29 is 9.90 Å². The molecule has 5 heteroatoms. The van der Waals surface area contributed by atoms with Gasteiger partial charge in [-0.05, 0) is 118 Å². The van der Waals surface area contributed by atoms with Crippen LogP contribution in [0, 0.1) is 40.4 Å². The number of aliphatic hydroxyl groups is 1. The molecular weight excluding hydrogens is 422 g/mol. The van der Waals surface area contributed by atoms with Gasteiger partial charge in [0.2, 0.25) is 0 Å². The summed E-state index contributed by atoms with van der Waals surface area (Å²) in [6.07, 6.45) is 10.2. The third kappa shape index (κ3) is 3.25. The fourth-order valence-corrected chi connectivity index (χ4v) is 9.35. The predicted molar refractivity (Wildman–Crippen MR) is 133 cm³/mol. The summed E-state index contributed by atoms with van der Waals surface area (Å²) in [7, 11) is 0. The van der Waals surface area contributed by atoms with E-state index in [2.05, 4.69) is 24.0 Å². The van der Waals surface area contributed by atoms with E-state index in [1.165, 1.54) is 25.7 Å². The Kier molecular flexibility index (Phi) is 5.09. The van der Waals surface area contributed by atoms with Crippen LogP contribution in [0.3, 0.4) is 0 Å². The fraction of sp³-hybridized carbons (Fsp3) is 0.759. The number of hydrogen-bond donors (Lipinski definition) is 1. The zero-order chi connectivity index (χ0) is 23.9. The number of benzene rings is 1. The molecule has 0 bridgehead atoms. The van der Waals surface area contributed by atoms with E-state index in [-0.39, 0.29) is 17.4 Å². The number of carbonyl (C=O) groups is 1. The fourth-order valence-electron chi connectivity index (χ4n) is 9.35. The number of Topliss-reactive ketones (excluding diaryl/α,β-unsaturated/α-hetero) is 1. The maximum absolute atomic E-state index is 13.9. The molecule has 5 nitrogen and oxygen atoms in total. The Morgan fingerprint density at radius 2 is 1.62 bits per heavy atom. The van der Waals surface area contributed by atoms with E-state index in [1.54, 1.807) is 4.80 Å². The minimum atomic E-state index is -0.480. The average Bonchev–Trinajstić information content (AvgIpc) is 3.39. The molecule has 34 heavy (non-hydrogen) atoms. The molecule has 4 saturated carbocycles. The third-order valence-corrected chi connectivity index (χ3v) is 11.4. The van der Waals surface area contributed by atoms with Gasteiger partial charge < -0.3 is 5.11 Å². The van der Waals surface area contributed by atoms with E-state index in [1.807, 2.05) is 38.1 Å². The topological polar surface area (TPSA) is 68.0 Å². The lowest BCUT2D eigenvalue weighted by Gasteiger charge is -2.61. The SMILES string of the molecule is C[C@H](C(=O)[C@H]1CC[C@H]2[C@@H]3CC[C@H]4C[C@](C)(O)CC[C@]4(C)[C@H]3CC[C@]12C)n1nc2ccccc2n1. The summed E-state index contributed by atoms with van der Waals surface area (Å²) < 4.78 is 0. The molecule has 0 aliphatic heterocycles. The molecule has 9 atom stereocenters. The van der Waals surface area contributed by atoms with Gasteiger partial charge in [-0.1, -0.05) is 26.0 Å². The monoisotopic (exact) mass is 463 g/mol. The molecule has 1 N–H and O–H groups in total. The van der Waals surface area contributed by atoms with E-state index in [0.717, 1.165) is 55.0 Å². The van der Waals surface area contributed by atoms with Gasteiger partial charge in [-0.25, -0.2) is 0 Å². The van der Waals surface area contributed by atoms with Crippen LogP contribution >= 0.6 is 0 Å². The summed E-state index contributed by atoms with van der Waals surface area (Å²) in [5, 5.41) is 20.0. The normalized spacial score (nSPS) is 44.8. The van der Waals surface area contributed by atoms with Gasteiger partial charge in [0, 0.05) is 5.92 Å². The van der Waals surface area contributed by atoms with Crippen molar-refractivity contribution in [3.05, 3.63) is 24.3 Å². The molecule has 4 fully saturated rings. The third-order valence-electron chi connectivity index (χ3n) is 11.4. The molecule has 0 saturated heterocycles. The lowest BCUT2D eigenvalue weighted by atomic mass is 9.44. The zero-order valence-corrected chi connectivity index (χ0v) is 21.3. The van der Waals surface area contributed by atoms with Crippen LogP contribution in [0.1, 0.15) is 91.5 Å². The van der Waals surface area contributed by atoms with Crippen molar-refractivity contribution in [2.75, 3.05) is 0 Å². The van der Waals surface area contributed by atoms with E-state index < -0.39 is 5.60 Å². The van der Waals surface area contributed by atoms with Crippen LogP contribution < -0.4 is 0 Å². The van der Waals surface area contributed by atoms with Crippen molar-refractivity contribution in [3.63, 3.8) is 0 Å². The Bertz CT molecular complexity index is 1070. The molecule has 4 aliphatic carbocycles. The molecule has 4 aliphatic rings. The Morgan fingerprint density at radius 3 is 2.32 bits per heavy atom. The summed E-state index contributed by atoms with van der Waals surface area (Å²) in [6.45, 7) is 9.01. The molecule has 6 rings (SSSR count). The first kappa shape index (κ1) is 22.7. The number of carbonyl (C=O) groups excluding carboxylic acids is 1. The second-order valence-electron chi connectivity index (χ2n) is 13.1. The number of aromatic nitrogens is 3. The first-order chi connectivity index (χ1) is 16.1. The summed E-state index contributed by atoms with van der Waals surface area (Å²) in [5.74, 6) is 3.24. The Morgan fingerprint density at radius 1 is 0.941 bits per heavy atom. The highest BCUT2D eigenvalue weighted by molar-refractivity contribution is 5.86. The Labute approximate surface area is 203 Å². The lowest BCUT2D eigenvalue weighted by Crippen LogP contribution is -2.55. The number of rotatable bonds is 3. The van der Waals surface area contributed by atoms with Crippen molar-refractivity contribution in [1.29, 1.82) is 0 Å². The van der Waals surface area contributed by atoms with Gasteiger partial charge in [0.25, 0.3) is 0 Å². The van der Waals surface area contributed by atoms with Crippen LogP contribution in [0.2, 0.25) is 0 Å². The molecule has 184 valence electrons. The first-order valence-corrected chi connectivity index (χ1v) is 13.7. The second-order valence-corrected chi connectivity index (χ2v) is 13.1. The second kappa shape index (κ2) is 7.62. The molecule has 0 unspecified atom stereocenters. The smallest absolute Gasteiger partial charge is 0.162 e. The van der Waals surface area contributed by atoms with Gasteiger partial charge in [0.15, 0.2) is 5.78 Å². The Hall–Kier alpha value is -1.75. The Balaban J connectivity index is 1.23. The largest absolute Gasteiger partial charge is 0.390 e. The van der Waals surface area contributed by atoms with E-state index in [0.29, 0.717) is 23.0 Å². The highest BCUT2D eigenvalue weighted by Crippen LogP contribution is 2.68. The van der Waals surface area contributed by atoms with Crippen molar-refractivity contribution in [3.8, 4) is 0 Å². The average molecular weight is 464 g/mol. The number of fused-ring (bicyclic) bond motifs is 6. The number of ketones is 1. The minimum absolute atomic E-state index is 0.0996. The van der Waals surface area contributed by atoms with E-state index >= 15 is 0 Å². The van der Waals surface area contributed by atoms with E-state index in [9.17, 15) is 9.90 Å². The summed E-state index contributed by atoms with van der Waals surface area (Å²) in [6, 6.07) is 7.55. The molecule has 2 aromatic rings. The highest BCUT2D eigenvalue weighted by atomic mass is 16.3. The lowest BCUT2D eigenvalue weighted by molar-refractivity contribution is -0.151. The van der Waals surface area contributed by atoms with Crippen LogP contribution in [0.15, 0.2) is 24.3 Å². The molecule has 1 heterocycles. The molecule has 0 amide bonds. The highest BCUT2D eigenvalue weighted by Gasteiger charge is 2.62.